The molecule has 0 unspecified atom stereocenters. The summed E-state index contributed by atoms with van der Waals surface area (Å²) in [6.07, 6.45) is 1.65. The molecule has 0 aliphatic rings. The van der Waals surface area contributed by atoms with Crippen LogP contribution in [-0.4, -0.2) is 17.2 Å². The first-order valence-corrected chi connectivity index (χ1v) is 8.92. The fourth-order valence-electron chi connectivity index (χ4n) is 3.02. The standard InChI is InChI=1S/C24H18N2O2/c27-23-14-13-17-7-4-5-12-21(17)22(23)16-25-19-10-6-11-20(15-19)26-24(28)18-8-2-1-3-9-18/h1-16,27H,(H,26,28). The van der Waals surface area contributed by atoms with Crippen molar-refractivity contribution in [1.29, 1.82) is 0 Å². The first kappa shape index (κ1) is 17.5. The van der Waals surface area contributed by atoms with Gasteiger partial charge in [0.25, 0.3) is 5.91 Å². The number of rotatable bonds is 4. The summed E-state index contributed by atoms with van der Waals surface area (Å²) in [5, 5.41) is 15.1. The predicted molar refractivity (Wildman–Crippen MR) is 114 cm³/mol. The SMILES string of the molecule is O=C(Nc1cccc(N=Cc2c(O)ccc3ccccc23)c1)c1ccccc1. The molecule has 0 atom stereocenters. The summed E-state index contributed by atoms with van der Waals surface area (Å²) in [7, 11) is 0. The topological polar surface area (TPSA) is 61.7 Å². The lowest BCUT2D eigenvalue weighted by molar-refractivity contribution is 0.102. The van der Waals surface area contributed by atoms with Crippen LogP contribution in [0.15, 0.2) is 96.0 Å². The molecule has 136 valence electrons. The average Bonchev–Trinajstić information content (AvgIpc) is 2.74. The number of carbonyl (C=O) groups is 1. The van der Waals surface area contributed by atoms with E-state index >= 15 is 0 Å². The van der Waals surface area contributed by atoms with Gasteiger partial charge in [-0.25, -0.2) is 0 Å². The quantitative estimate of drug-likeness (QED) is 0.465. The van der Waals surface area contributed by atoms with Crippen molar-refractivity contribution in [3.63, 3.8) is 0 Å². The van der Waals surface area contributed by atoms with Gasteiger partial charge in [-0.2, -0.15) is 0 Å². The van der Waals surface area contributed by atoms with E-state index in [1.54, 1.807) is 30.5 Å². The first-order chi connectivity index (χ1) is 13.7. The molecule has 0 aliphatic carbocycles. The third kappa shape index (κ3) is 3.76. The van der Waals surface area contributed by atoms with Gasteiger partial charge >= 0.3 is 0 Å². The molecular formula is C24H18N2O2. The van der Waals surface area contributed by atoms with Crippen molar-refractivity contribution >= 4 is 34.3 Å². The molecule has 4 heteroatoms. The number of hydrogen-bond donors (Lipinski definition) is 2. The highest BCUT2D eigenvalue weighted by Gasteiger charge is 2.06. The Bertz CT molecular complexity index is 1170. The van der Waals surface area contributed by atoms with Gasteiger partial charge < -0.3 is 10.4 Å². The van der Waals surface area contributed by atoms with Gasteiger partial charge in [0.05, 0.1) is 5.69 Å². The second-order valence-electron chi connectivity index (χ2n) is 6.35. The molecule has 4 rings (SSSR count). The summed E-state index contributed by atoms with van der Waals surface area (Å²) in [4.78, 5) is 16.8. The van der Waals surface area contributed by atoms with Crippen LogP contribution in [0.25, 0.3) is 10.8 Å². The fourth-order valence-corrected chi connectivity index (χ4v) is 3.02. The molecule has 4 aromatic rings. The summed E-state index contributed by atoms with van der Waals surface area (Å²) < 4.78 is 0. The molecule has 2 N–H and O–H groups in total. The van der Waals surface area contributed by atoms with E-state index in [0.29, 0.717) is 22.5 Å². The Morgan fingerprint density at radius 3 is 2.50 bits per heavy atom. The lowest BCUT2D eigenvalue weighted by atomic mass is 10.0. The molecule has 0 saturated carbocycles. The van der Waals surface area contributed by atoms with Crippen LogP contribution in [0.3, 0.4) is 0 Å². The molecule has 0 radical (unpaired) electrons. The van der Waals surface area contributed by atoms with Crippen molar-refractivity contribution in [3.05, 3.63) is 102 Å². The van der Waals surface area contributed by atoms with E-state index in [4.69, 9.17) is 0 Å². The number of fused-ring (bicyclic) bond motifs is 1. The number of phenolic OH excluding ortho intramolecular Hbond substituents is 1. The molecule has 0 bridgehead atoms. The molecule has 0 fully saturated rings. The minimum atomic E-state index is -0.173. The van der Waals surface area contributed by atoms with Crippen molar-refractivity contribution in [1.82, 2.24) is 0 Å². The number of phenols is 1. The molecule has 0 aliphatic heterocycles. The van der Waals surface area contributed by atoms with Crippen LogP contribution in [0.1, 0.15) is 15.9 Å². The summed E-state index contributed by atoms with van der Waals surface area (Å²) in [5.74, 6) is 0.00409. The Morgan fingerprint density at radius 2 is 1.64 bits per heavy atom. The van der Waals surface area contributed by atoms with E-state index in [-0.39, 0.29) is 11.7 Å². The minimum absolute atomic E-state index is 0.173. The zero-order valence-corrected chi connectivity index (χ0v) is 15.0. The van der Waals surface area contributed by atoms with Gasteiger partial charge in [0.15, 0.2) is 0 Å². The molecule has 1 amide bonds. The van der Waals surface area contributed by atoms with E-state index in [1.165, 1.54) is 0 Å². The van der Waals surface area contributed by atoms with Gasteiger partial charge in [0.2, 0.25) is 0 Å². The lowest BCUT2D eigenvalue weighted by Gasteiger charge is -2.06. The Hall–Kier alpha value is -3.92. The fraction of sp³-hybridized carbons (Fsp3) is 0. The summed E-state index contributed by atoms with van der Waals surface area (Å²) in [6, 6.07) is 27.7. The Kier molecular flexibility index (Phi) is 4.85. The molecule has 4 nitrogen and oxygen atoms in total. The third-order valence-electron chi connectivity index (χ3n) is 4.43. The van der Waals surface area contributed by atoms with Crippen LogP contribution < -0.4 is 5.32 Å². The average molecular weight is 366 g/mol. The van der Waals surface area contributed by atoms with Crippen LogP contribution in [0.2, 0.25) is 0 Å². The molecule has 0 aromatic heterocycles. The Balaban J connectivity index is 1.59. The first-order valence-electron chi connectivity index (χ1n) is 8.92. The van der Waals surface area contributed by atoms with Gasteiger partial charge in [-0.15, -0.1) is 0 Å². The van der Waals surface area contributed by atoms with Crippen molar-refractivity contribution in [2.75, 3.05) is 5.32 Å². The van der Waals surface area contributed by atoms with Crippen LogP contribution in [0.5, 0.6) is 5.75 Å². The normalized spacial score (nSPS) is 11.0. The number of nitrogens with zero attached hydrogens (tertiary/aromatic N) is 1. The number of nitrogens with one attached hydrogen (secondary N) is 1. The molecule has 28 heavy (non-hydrogen) atoms. The van der Waals surface area contributed by atoms with Crippen molar-refractivity contribution in [3.8, 4) is 5.75 Å². The maximum Gasteiger partial charge on any atom is 0.255 e. The van der Waals surface area contributed by atoms with E-state index < -0.39 is 0 Å². The summed E-state index contributed by atoms with van der Waals surface area (Å²) in [6.45, 7) is 0. The van der Waals surface area contributed by atoms with Crippen LogP contribution >= 0.6 is 0 Å². The number of aromatic hydroxyl groups is 1. The van der Waals surface area contributed by atoms with E-state index in [0.717, 1.165) is 10.8 Å². The largest absolute Gasteiger partial charge is 0.507 e. The van der Waals surface area contributed by atoms with Crippen molar-refractivity contribution in [2.45, 2.75) is 0 Å². The summed E-state index contributed by atoms with van der Waals surface area (Å²) in [5.41, 5.74) is 2.60. The zero-order valence-electron chi connectivity index (χ0n) is 15.0. The zero-order chi connectivity index (χ0) is 19.3. The third-order valence-corrected chi connectivity index (χ3v) is 4.43. The highest BCUT2D eigenvalue weighted by atomic mass is 16.3. The highest BCUT2D eigenvalue weighted by Crippen LogP contribution is 2.26. The highest BCUT2D eigenvalue weighted by molar-refractivity contribution is 6.05. The van der Waals surface area contributed by atoms with E-state index in [1.807, 2.05) is 66.7 Å². The molecule has 0 saturated heterocycles. The minimum Gasteiger partial charge on any atom is -0.507 e. The molecular weight excluding hydrogens is 348 g/mol. The monoisotopic (exact) mass is 366 g/mol. The lowest BCUT2D eigenvalue weighted by Crippen LogP contribution is -2.11. The van der Waals surface area contributed by atoms with Crippen LogP contribution in [0, 0.1) is 0 Å². The number of aliphatic imine (C=N–C) groups is 1. The Labute approximate surface area is 162 Å². The maximum atomic E-state index is 12.3. The van der Waals surface area contributed by atoms with E-state index in [2.05, 4.69) is 10.3 Å². The number of hydrogen-bond acceptors (Lipinski definition) is 3. The smallest absolute Gasteiger partial charge is 0.255 e. The second-order valence-corrected chi connectivity index (χ2v) is 6.35. The van der Waals surface area contributed by atoms with Gasteiger partial charge in [-0.1, -0.05) is 54.6 Å². The van der Waals surface area contributed by atoms with E-state index in [9.17, 15) is 9.90 Å². The number of benzene rings is 4. The number of anilines is 1. The molecule has 4 aromatic carbocycles. The van der Waals surface area contributed by atoms with Crippen molar-refractivity contribution in [2.24, 2.45) is 4.99 Å². The van der Waals surface area contributed by atoms with Crippen molar-refractivity contribution < 1.29 is 9.90 Å². The van der Waals surface area contributed by atoms with Crippen LogP contribution in [0.4, 0.5) is 11.4 Å². The number of amides is 1. The second kappa shape index (κ2) is 7.76. The van der Waals surface area contributed by atoms with Gasteiger partial charge in [0.1, 0.15) is 5.75 Å². The van der Waals surface area contributed by atoms with Gasteiger partial charge in [-0.3, -0.25) is 9.79 Å². The number of carbonyl (C=O) groups excluding carboxylic acids is 1. The summed E-state index contributed by atoms with van der Waals surface area (Å²) >= 11 is 0. The molecule has 0 heterocycles. The predicted octanol–water partition coefficient (Wildman–Crippen LogP) is 5.55. The van der Waals surface area contributed by atoms with Gasteiger partial charge in [0, 0.05) is 23.0 Å². The van der Waals surface area contributed by atoms with Crippen LogP contribution in [-0.2, 0) is 0 Å². The Morgan fingerprint density at radius 1 is 0.857 bits per heavy atom. The maximum absolute atomic E-state index is 12.3. The van der Waals surface area contributed by atoms with Gasteiger partial charge in [-0.05, 0) is 47.2 Å². The molecule has 0 spiro atoms.